The smallest absolute Gasteiger partial charge is 0.310 e. The van der Waals surface area contributed by atoms with Crippen LogP contribution in [0.2, 0.25) is 0 Å². The molecule has 0 radical (unpaired) electrons. The number of piperidine rings is 1. The lowest BCUT2D eigenvalue weighted by molar-refractivity contribution is -0.149. The molecule has 4 rings (SSSR count). The highest BCUT2D eigenvalue weighted by Gasteiger charge is 2.34. The second-order valence-corrected chi connectivity index (χ2v) is 11.4. The Morgan fingerprint density at radius 1 is 1.24 bits per heavy atom. The zero-order valence-electron chi connectivity index (χ0n) is 17.8. The van der Waals surface area contributed by atoms with Crippen molar-refractivity contribution in [3.05, 3.63) is 52.5 Å². The molecule has 33 heavy (non-hydrogen) atoms. The average molecular weight is 552 g/mol. The minimum absolute atomic E-state index is 0.0772. The Labute approximate surface area is 204 Å². The Balaban J connectivity index is 1.46. The number of esters is 1. The first kappa shape index (κ1) is 23.8. The average Bonchev–Trinajstić information content (AvgIpc) is 3.20. The van der Waals surface area contributed by atoms with E-state index >= 15 is 0 Å². The molecule has 2 aromatic carbocycles. The molecular weight excluding hydrogens is 530 g/mol. The van der Waals surface area contributed by atoms with E-state index in [0.29, 0.717) is 30.1 Å². The third kappa shape index (κ3) is 5.26. The molecule has 0 bridgehead atoms. The van der Waals surface area contributed by atoms with Crippen LogP contribution >= 0.6 is 27.3 Å². The van der Waals surface area contributed by atoms with Crippen LogP contribution in [0.25, 0.3) is 10.2 Å². The van der Waals surface area contributed by atoms with Crippen molar-refractivity contribution in [2.75, 3.05) is 25.0 Å². The maximum Gasteiger partial charge on any atom is 0.310 e. The number of halogens is 1. The molecule has 1 saturated heterocycles. The maximum absolute atomic E-state index is 13.1. The van der Waals surface area contributed by atoms with Gasteiger partial charge in [-0.2, -0.15) is 4.31 Å². The number of carbonyl (C=O) groups excluding carboxylic acids is 2. The lowest BCUT2D eigenvalue weighted by atomic mass is 10.0. The molecule has 2 heterocycles. The molecule has 174 valence electrons. The lowest BCUT2D eigenvalue weighted by Crippen LogP contribution is -2.42. The summed E-state index contributed by atoms with van der Waals surface area (Å²) in [5.41, 5.74) is 1.10. The zero-order chi connectivity index (χ0) is 23.6. The number of amides is 1. The quantitative estimate of drug-likeness (QED) is 0.458. The first-order valence-corrected chi connectivity index (χ1v) is 13.5. The molecule has 1 fully saturated rings. The summed E-state index contributed by atoms with van der Waals surface area (Å²) in [6.07, 6.45) is 1.19. The maximum atomic E-state index is 13.1. The number of benzene rings is 2. The number of thiazole rings is 1. The van der Waals surface area contributed by atoms with Crippen LogP contribution in [0.3, 0.4) is 0 Å². The van der Waals surface area contributed by atoms with Gasteiger partial charge >= 0.3 is 5.97 Å². The normalized spacial score (nSPS) is 17.1. The Kier molecular flexibility index (Phi) is 7.13. The summed E-state index contributed by atoms with van der Waals surface area (Å²) < 4.78 is 34.4. The third-order valence-corrected chi connectivity index (χ3v) is 8.64. The fourth-order valence-electron chi connectivity index (χ4n) is 3.66. The van der Waals surface area contributed by atoms with Gasteiger partial charge < -0.3 is 4.74 Å². The van der Waals surface area contributed by atoms with Crippen molar-refractivity contribution in [2.45, 2.75) is 24.7 Å². The van der Waals surface area contributed by atoms with Gasteiger partial charge in [-0.25, -0.2) is 13.4 Å². The van der Waals surface area contributed by atoms with E-state index in [9.17, 15) is 18.0 Å². The van der Waals surface area contributed by atoms with Gasteiger partial charge in [0.15, 0.2) is 5.13 Å². The fourth-order valence-corrected chi connectivity index (χ4v) is 6.60. The Morgan fingerprint density at radius 2 is 2.00 bits per heavy atom. The first-order valence-electron chi connectivity index (χ1n) is 10.4. The molecule has 1 unspecified atom stereocenters. The van der Waals surface area contributed by atoms with Gasteiger partial charge in [-0.3, -0.25) is 14.9 Å². The van der Waals surface area contributed by atoms with Crippen LogP contribution in [0, 0.1) is 5.92 Å². The van der Waals surface area contributed by atoms with E-state index in [-0.39, 0.29) is 29.9 Å². The van der Waals surface area contributed by atoms with E-state index in [1.54, 1.807) is 6.92 Å². The van der Waals surface area contributed by atoms with E-state index in [1.807, 2.05) is 18.2 Å². The molecule has 1 amide bonds. The number of anilines is 1. The molecule has 1 aromatic heterocycles. The van der Waals surface area contributed by atoms with Gasteiger partial charge in [0.1, 0.15) is 0 Å². The molecule has 8 nitrogen and oxygen atoms in total. The highest BCUT2D eigenvalue weighted by Crippen LogP contribution is 2.29. The topological polar surface area (TPSA) is 106 Å². The third-order valence-electron chi connectivity index (χ3n) is 5.33. The van der Waals surface area contributed by atoms with Crippen molar-refractivity contribution in [1.29, 1.82) is 0 Å². The van der Waals surface area contributed by atoms with E-state index < -0.39 is 15.9 Å². The van der Waals surface area contributed by atoms with E-state index in [0.717, 1.165) is 14.7 Å². The molecule has 1 N–H and O–H groups in total. The number of nitrogens with zero attached hydrogens (tertiary/aromatic N) is 2. The standard InChI is InChI=1S/C22H22BrN3O5S2/c1-2-31-21(28)15-4-3-11-26(13-15)33(29,30)17-8-5-14(6-9-17)20(27)25-22-24-18-10-7-16(23)12-19(18)32-22/h5-10,12,15H,2-4,11,13H2,1H3,(H,24,25,27). The van der Waals surface area contributed by atoms with Crippen LogP contribution < -0.4 is 5.32 Å². The molecule has 0 saturated carbocycles. The van der Waals surface area contributed by atoms with E-state index in [2.05, 4.69) is 26.2 Å². The van der Waals surface area contributed by atoms with Crippen molar-refractivity contribution in [3.8, 4) is 0 Å². The predicted molar refractivity (Wildman–Crippen MR) is 130 cm³/mol. The minimum atomic E-state index is -3.79. The number of carbonyl (C=O) groups is 2. The molecule has 1 aliphatic rings. The number of nitrogens with one attached hydrogen (secondary N) is 1. The summed E-state index contributed by atoms with van der Waals surface area (Å²) in [6.45, 7) is 2.42. The summed E-state index contributed by atoms with van der Waals surface area (Å²) in [5, 5.41) is 3.22. The molecule has 1 atom stereocenters. The molecule has 0 spiro atoms. The second-order valence-electron chi connectivity index (χ2n) is 7.56. The van der Waals surface area contributed by atoms with Crippen LogP contribution in [0.15, 0.2) is 51.8 Å². The van der Waals surface area contributed by atoms with Crippen molar-refractivity contribution >= 4 is 64.5 Å². The highest BCUT2D eigenvalue weighted by molar-refractivity contribution is 9.10. The molecule has 1 aliphatic heterocycles. The van der Waals surface area contributed by atoms with Crippen LogP contribution in [0.1, 0.15) is 30.1 Å². The number of aromatic nitrogens is 1. The lowest BCUT2D eigenvalue weighted by Gasteiger charge is -2.30. The van der Waals surface area contributed by atoms with E-state index in [4.69, 9.17) is 4.74 Å². The summed E-state index contributed by atoms with van der Waals surface area (Å²) in [7, 11) is -3.79. The largest absolute Gasteiger partial charge is 0.466 e. The molecule has 0 aliphatic carbocycles. The zero-order valence-corrected chi connectivity index (χ0v) is 21.0. The summed E-state index contributed by atoms with van der Waals surface area (Å²) in [6, 6.07) is 11.4. The Hall–Kier alpha value is -2.34. The van der Waals surface area contributed by atoms with Gasteiger partial charge in [-0.05, 0) is 62.2 Å². The molecule has 3 aromatic rings. The molecular formula is C22H22BrN3O5S2. The Morgan fingerprint density at radius 3 is 2.73 bits per heavy atom. The van der Waals surface area contributed by atoms with Crippen molar-refractivity contribution in [3.63, 3.8) is 0 Å². The number of sulfonamides is 1. The second kappa shape index (κ2) is 9.88. The Bertz CT molecular complexity index is 1290. The highest BCUT2D eigenvalue weighted by atomic mass is 79.9. The molecule has 11 heteroatoms. The number of rotatable bonds is 6. The predicted octanol–water partition coefficient (Wildman–Crippen LogP) is 4.27. The van der Waals surface area contributed by atoms with Crippen LogP contribution in [0.4, 0.5) is 5.13 Å². The number of fused-ring (bicyclic) bond motifs is 1. The summed E-state index contributed by atoms with van der Waals surface area (Å²) >= 11 is 4.77. The van der Waals surface area contributed by atoms with Gasteiger partial charge in [0.25, 0.3) is 5.91 Å². The first-order chi connectivity index (χ1) is 15.8. The monoisotopic (exact) mass is 551 g/mol. The number of hydrogen-bond donors (Lipinski definition) is 1. The van der Waals surface area contributed by atoms with Gasteiger partial charge in [0, 0.05) is 23.1 Å². The van der Waals surface area contributed by atoms with Gasteiger partial charge in [0.05, 0.1) is 27.6 Å². The number of ether oxygens (including phenoxy) is 1. The van der Waals surface area contributed by atoms with Crippen LogP contribution in [0.5, 0.6) is 0 Å². The fraction of sp³-hybridized carbons (Fsp3) is 0.318. The minimum Gasteiger partial charge on any atom is -0.466 e. The van der Waals surface area contributed by atoms with Crippen LogP contribution in [-0.4, -0.2) is 49.3 Å². The summed E-state index contributed by atoms with van der Waals surface area (Å²) in [4.78, 5) is 29.2. The van der Waals surface area contributed by atoms with E-state index in [1.165, 1.54) is 39.9 Å². The van der Waals surface area contributed by atoms with Crippen molar-refractivity contribution in [1.82, 2.24) is 9.29 Å². The van der Waals surface area contributed by atoms with Crippen LogP contribution in [-0.2, 0) is 19.6 Å². The van der Waals surface area contributed by atoms with Gasteiger partial charge in [-0.15, -0.1) is 0 Å². The van der Waals surface area contributed by atoms with Gasteiger partial charge in [-0.1, -0.05) is 27.3 Å². The van der Waals surface area contributed by atoms with Crippen molar-refractivity contribution in [2.24, 2.45) is 5.92 Å². The number of hydrogen-bond acceptors (Lipinski definition) is 7. The summed E-state index contributed by atoms with van der Waals surface area (Å²) in [5.74, 6) is -1.21. The SMILES string of the molecule is CCOC(=O)C1CCCN(S(=O)(=O)c2ccc(C(=O)Nc3nc4ccc(Br)cc4s3)cc2)C1. The van der Waals surface area contributed by atoms with Crippen molar-refractivity contribution < 1.29 is 22.7 Å². The van der Waals surface area contributed by atoms with Gasteiger partial charge in [0.2, 0.25) is 10.0 Å².